The van der Waals surface area contributed by atoms with E-state index in [0.717, 1.165) is 24.7 Å². The topological polar surface area (TPSA) is 37.3 Å². The van der Waals surface area contributed by atoms with Crippen molar-refractivity contribution < 1.29 is 9.90 Å². The molecule has 4 unspecified atom stereocenters. The molecule has 0 amide bonds. The molecule has 12 heavy (non-hydrogen) atoms. The SMILES string of the molecule is O=C(O)C12CCC3CC1CC3C2. The number of rotatable bonds is 1. The second kappa shape index (κ2) is 1.86. The standard InChI is InChI=1S/C10H14O2/c11-9(12)10-2-1-6-3-8(10)4-7(6)5-10/h6-8H,1-5H2,(H,11,12). The molecule has 4 saturated carbocycles. The average molecular weight is 166 g/mol. The molecule has 1 N–H and O–H groups in total. The maximum atomic E-state index is 11.2. The Bertz CT molecular complexity index is 246. The fraction of sp³-hybridized carbons (Fsp3) is 0.900. The maximum absolute atomic E-state index is 11.2. The zero-order valence-electron chi connectivity index (χ0n) is 7.12. The lowest BCUT2D eigenvalue weighted by molar-refractivity contribution is -0.156. The van der Waals surface area contributed by atoms with Crippen LogP contribution in [0.1, 0.15) is 32.1 Å². The van der Waals surface area contributed by atoms with Gasteiger partial charge in [-0.25, -0.2) is 0 Å². The first-order valence-electron chi connectivity index (χ1n) is 4.96. The van der Waals surface area contributed by atoms with Crippen molar-refractivity contribution >= 4 is 5.97 Å². The Morgan fingerprint density at radius 1 is 1.33 bits per heavy atom. The van der Waals surface area contributed by atoms with Crippen LogP contribution < -0.4 is 0 Å². The lowest BCUT2D eigenvalue weighted by Crippen LogP contribution is -2.42. The van der Waals surface area contributed by atoms with Gasteiger partial charge in [0.2, 0.25) is 0 Å². The molecule has 4 atom stereocenters. The summed E-state index contributed by atoms with van der Waals surface area (Å²) in [6, 6.07) is 0. The molecule has 4 aliphatic rings. The van der Waals surface area contributed by atoms with Crippen molar-refractivity contribution in [3.63, 3.8) is 0 Å². The lowest BCUT2D eigenvalue weighted by atomic mass is 9.61. The molecule has 0 aliphatic heterocycles. The van der Waals surface area contributed by atoms with Crippen LogP contribution in [0.5, 0.6) is 0 Å². The number of carboxylic acids is 1. The van der Waals surface area contributed by atoms with E-state index in [2.05, 4.69) is 0 Å². The third kappa shape index (κ3) is 0.572. The number of aliphatic carboxylic acids is 1. The first-order chi connectivity index (χ1) is 5.72. The van der Waals surface area contributed by atoms with E-state index in [1.165, 1.54) is 19.3 Å². The first kappa shape index (κ1) is 6.93. The molecule has 0 spiro atoms. The van der Waals surface area contributed by atoms with E-state index in [1.807, 2.05) is 0 Å². The van der Waals surface area contributed by atoms with Gasteiger partial charge < -0.3 is 5.11 Å². The van der Waals surface area contributed by atoms with Crippen molar-refractivity contribution in [1.82, 2.24) is 0 Å². The van der Waals surface area contributed by atoms with Crippen molar-refractivity contribution in [1.29, 1.82) is 0 Å². The van der Waals surface area contributed by atoms with Crippen molar-refractivity contribution in [3.8, 4) is 0 Å². The maximum Gasteiger partial charge on any atom is 0.309 e. The number of hydrogen-bond acceptors (Lipinski definition) is 1. The van der Waals surface area contributed by atoms with Crippen molar-refractivity contribution in [2.45, 2.75) is 32.1 Å². The number of carbonyl (C=O) groups is 1. The minimum Gasteiger partial charge on any atom is -0.481 e. The van der Waals surface area contributed by atoms with Gasteiger partial charge in [0, 0.05) is 0 Å². The largest absolute Gasteiger partial charge is 0.481 e. The Balaban J connectivity index is 2.03. The van der Waals surface area contributed by atoms with E-state index in [1.54, 1.807) is 0 Å². The zero-order chi connectivity index (χ0) is 8.34. The Kier molecular flexibility index (Phi) is 1.07. The van der Waals surface area contributed by atoms with Gasteiger partial charge in [-0.3, -0.25) is 4.79 Å². The minimum atomic E-state index is -0.506. The summed E-state index contributed by atoms with van der Waals surface area (Å²) in [6.07, 6.45) is 5.59. The molecule has 4 fully saturated rings. The Labute approximate surface area is 72.0 Å². The molecular formula is C10H14O2. The molecule has 66 valence electrons. The summed E-state index contributed by atoms with van der Waals surface area (Å²) in [4.78, 5) is 11.2. The average Bonchev–Trinajstić information content (AvgIpc) is 2.56. The molecule has 0 aromatic rings. The predicted octanol–water partition coefficient (Wildman–Crippen LogP) is 1.90. The molecule has 2 heteroatoms. The van der Waals surface area contributed by atoms with Gasteiger partial charge in [-0.1, -0.05) is 0 Å². The second-order valence-electron chi connectivity index (χ2n) is 4.89. The van der Waals surface area contributed by atoms with Crippen LogP contribution in [0.3, 0.4) is 0 Å². The highest BCUT2D eigenvalue weighted by Crippen LogP contribution is 2.66. The third-order valence-electron chi connectivity index (χ3n) is 4.64. The smallest absolute Gasteiger partial charge is 0.309 e. The van der Waals surface area contributed by atoms with Crippen LogP contribution in [-0.4, -0.2) is 11.1 Å². The molecule has 4 bridgehead atoms. The van der Waals surface area contributed by atoms with Crippen molar-refractivity contribution in [2.75, 3.05) is 0 Å². The van der Waals surface area contributed by atoms with E-state index in [0.29, 0.717) is 5.92 Å². The van der Waals surface area contributed by atoms with Crippen LogP contribution in [0.15, 0.2) is 0 Å². The van der Waals surface area contributed by atoms with Gasteiger partial charge in [-0.05, 0) is 49.9 Å². The molecule has 0 saturated heterocycles. The molecular weight excluding hydrogens is 152 g/mol. The minimum absolute atomic E-state index is 0.264. The Morgan fingerprint density at radius 2 is 2.08 bits per heavy atom. The second-order valence-corrected chi connectivity index (χ2v) is 4.89. The molecule has 0 heterocycles. The van der Waals surface area contributed by atoms with E-state index >= 15 is 0 Å². The van der Waals surface area contributed by atoms with Gasteiger partial charge in [-0.15, -0.1) is 0 Å². The molecule has 4 rings (SSSR count). The van der Waals surface area contributed by atoms with Crippen LogP contribution in [-0.2, 0) is 4.79 Å². The fourth-order valence-corrected chi connectivity index (χ4v) is 4.02. The molecule has 4 aliphatic carbocycles. The van der Waals surface area contributed by atoms with Crippen LogP contribution in [0.25, 0.3) is 0 Å². The Hall–Kier alpha value is -0.530. The lowest BCUT2D eigenvalue weighted by Gasteiger charge is -2.42. The van der Waals surface area contributed by atoms with Gasteiger partial charge in [0.15, 0.2) is 0 Å². The molecule has 2 nitrogen and oxygen atoms in total. The molecule has 0 aromatic heterocycles. The monoisotopic (exact) mass is 166 g/mol. The fourth-order valence-electron chi connectivity index (χ4n) is 4.02. The summed E-state index contributed by atoms with van der Waals surface area (Å²) in [5.41, 5.74) is -0.264. The molecule has 0 aromatic carbocycles. The van der Waals surface area contributed by atoms with Crippen molar-refractivity contribution in [3.05, 3.63) is 0 Å². The zero-order valence-corrected chi connectivity index (χ0v) is 7.12. The van der Waals surface area contributed by atoms with Crippen LogP contribution >= 0.6 is 0 Å². The summed E-state index contributed by atoms with van der Waals surface area (Å²) in [7, 11) is 0. The van der Waals surface area contributed by atoms with E-state index in [9.17, 15) is 9.90 Å². The highest BCUT2D eigenvalue weighted by atomic mass is 16.4. The van der Waals surface area contributed by atoms with Gasteiger partial charge >= 0.3 is 5.97 Å². The van der Waals surface area contributed by atoms with Gasteiger partial charge in [-0.2, -0.15) is 0 Å². The highest BCUT2D eigenvalue weighted by Gasteiger charge is 2.62. The summed E-state index contributed by atoms with van der Waals surface area (Å²) < 4.78 is 0. The van der Waals surface area contributed by atoms with Gasteiger partial charge in [0.1, 0.15) is 0 Å². The summed E-state index contributed by atoms with van der Waals surface area (Å²) in [6.45, 7) is 0. The van der Waals surface area contributed by atoms with E-state index in [4.69, 9.17) is 0 Å². The van der Waals surface area contributed by atoms with Crippen LogP contribution in [0, 0.1) is 23.2 Å². The van der Waals surface area contributed by atoms with Crippen LogP contribution in [0.4, 0.5) is 0 Å². The van der Waals surface area contributed by atoms with E-state index < -0.39 is 5.97 Å². The highest BCUT2D eigenvalue weighted by molar-refractivity contribution is 5.76. The van der Waals surface area contributed by atoms with Crippen molar-refractivity contribution in [2.24, 2.45) is 23.2 Å². The number of fused-ring (bicyclic) bond motifs is 1. The van der Waals surface area contributed by atoms with Gasteiger partial charge in [0.05, 0.1) is 5.41 Å². The quantitative estimate of drug-likeness (QED) is 0.646. The normalized spacial score (nSPS) is 54.8. The summed E-state index contributed by atoms with van der Waals surface area (Å²) in [5, 5.41) is 9.21. The predicted molar refractivity (Wildman–Crippen MR) is 43.6 cm³/mol. The Morgan fingerprint density at radius 3 is 2.58 bits per heavy atom. The van der Waals surface area contributed by atoms with E-state index in [-0.39, 0.29) is 5.41 Å². The number of hydrogen-bond donors (Lipinski definition) is 1. The summed E-state index contributed by atoms with van der Waals surface area (Å²) in [5.74, 6) is 1.71. The van der Waals surface area contributed by atoms with Gasteiger partial charge in [0.25, 0.3) is 0 Å². The van der Waals surface area contributed by atoms with Crippen LogP contribution in [0.2, 0.25) is 0 Å². The summed E-state index contributed by atoms with van der Waals surface area (Å²) >= 11 is 0. The molecule has 0 radical (unpaired) electrons. The first-order valence-corrected chi connectivity index (χ1v) is 4.96. The third-order valence-corrected chi connectivity index (χ3v) is 4.64. The number of carboxylic acid groups (broad SMARTS) is 1.